The molecular formula is C20H20N2O3. The zero-order valence-electron chi connectivity index (χ0n) is 13.8. The van der Waals surface area contributed by atoms with Gasteiger partial charge in [-0.2, -0.15) is 0 Å². The van der Waals surface area contributed by atoms with Crippen LogP contribution in [0.4, 0.5) is 0 Å². The predicted octanol–water partition coefficient (Wildman–Crippen LogP) is 3.53. The number of benzene rings is 1. The van der Waals surface area contributed by atoms with E-state index in [0.29, 0.717) is 12.0 Å². The van der Waals surface area contributed by atoms with E-state index in [-0.39, 0.29) is 18.1 Å². The maximum Gasteiger partial charge on any atom is 0.251 e. The van der Waals surface area contributed by atoms with E-state index < -0.39 is 0 Å². The van der Waals surface area contributed by atoms with Crippen LogP contribution in [-0.2, 0) is 0 Å². The van der Waals surface area contributed by atoms with Crippen molar-refractivity contribution < 1.29 is 14.3 Å². The fraction of sp³-hybridized carbons (Fsp3) is 0.300. The summed E-state index contributed by atoms with van der Waals surface area (Å²) >= 11 is 0. The van der Waals surface area contributed by atoms with Gasteiger partial charge in [0.05, 0.1) is 18.1 Å². The number of fused-ring (bicyclic) bond motifs is 1. The summed E-state index contributed by atoms with van der Waals surface area (Å²) in [5, 5.41) is 13.7. The standard InChI is InChI=1S/C20H20N2O3/c23-16-3-1-2-15(12-16)22-20(24)14-6-4-13(5-7-14)19-17-9-11-25-18(17)8-10-21-19/h4-11,15-16,23H,1-3,12H2,(H,22,24)/t15-,16-/m0/s1. The van der Waals surface area contributed by atoms with Gasteiger partial charge < -0.3 is 14.8 Å². The number of carbonyl (C=O) groups excluding carboxylic acids is 1. The summed E-state index contributed by atoms with van der Waals surface area (Å²) in [5.74, 6) is -0.0971. The first kappa shape index (κ1) is 15.8. The lowest BCUT2D eigenvalue weighted by molar-refractivity contribution is 0.0850. The summed E-state index contributed by atoms with van der Waals surface area (Å²) in [6, 6.07) is 11.2. The molecule has 0 aliphatic heterocycles. The third kappa shape index (κ3) is 3.28. The minimum absolute atomic E-state index is 0.0530. The quantitative estimate of drug-likeness (QED) is 0.767. The number of aromatic nitrogens is 1. The largest absolute Gasteiger partial charge is 0.464 e. The maximum absolute atomic E-state index is 12.4. The van der Waals surface area contributed by atoms with Gasteiger partial charge in [-0.05, 0) is 49.9 Å². The summed E-state index contributed by atoms with van der Waals surface area (Å²) in [5.41, 5.74) is 3.19. The van der Waals surface area contributed by atoms with E-state index in [1.165, 1.54) is 0 Å². The Bertz CT molecular complexity index is 885. The molecule has 2 atom stereocenters. The van der Waals surface area contributed by atoms with Crippen LogP contribution >= 0.6 is 0 Å². The highest BCUT2D eigenvalue weighted by Gasteiger charge is 2.22. The molecule has 1 aromatic carbocycles. The molecule has 1 amide bonds. The van der Waals surface area contributed by atoms with E-state index in [9.17, 15) is 9.90 Å². The van der Waals surface area contributed by atoms with Crippen LogP contribution in [0.15, 0.2) is 53.3 Å². The minimum atomic E-state index is -0.303. The van der Waals surface area contributed by atoms with Crippen LogP contribution in [0.25, 0.3) is 22.2 Å². The monoisotopic (exact) mass is 336 g/mol. The molecule has 0 unspecified atom stereocenters. The molecule has 1 aliphatic rings. The van der Waals surface area contributed by atoms with E-state index in [4.69, 9.17) is 4.42 Å². The number of aliphatic hydroxyl groups excluding tert-OH is 1. The van der Waals surface area contributed by atoms with Crippen molar-refractivity contribution in [3.63, 3.8) is 0 Å². The second-order valence-electron chi connectivity index (χ2n) is 6.56. The summed E-state index contributed by atoms with van der Waals surface area (Å²) in [6.45, 7) is 0. The van der Waals surface area contributed by atoms with Gasteiger partial charge in [-0.25, -0.2) is 0 Å². The Morgan fingerprint density at radius 2 is 2.00 bits per heavy atom. The molecule has 5 nitrogen and oxygen atoms in total. The average molecular weight is 336 g/mol. The van der Waals surface area contributed by atoms with Gasteiger partial charge >= 0.3 is 0 Å². The van der Waals surface area contributed by atoms with Gasteiger partial charge in [-0.1, -0.05) is 12.1 Å². The fourth-order valence-corrected chi connectivity index (χ4v) is 3.47. The SMILES string of the molecule is O=C(N[C@H]1CCC[C@H](O)C1)c1ccc(-c2nccc3occc23)cc1. The molecule has 2 heterocycles. The zero-order valence-corrected chi connectivity index (χ0v) is 13.8. The van der Waals surface area contributed by atoms with E-state index in [0.717, 1.165) is 41.5 Å². The number of hydrogen-bond donors (Lipinski definition) is 2. The molecule has 0 radical (unpaired) electrons. The molecule has 5 heteroatoms. The number of rotatable bonds is 3. The van der Waals surface area contributed by atoms with Crippen LogP contribution in [0.5, 0.6) is 0 Å². The number of amides is 1. The van der Waals surface area contributed by atoms with Crippen molar-refractivity contribution in [1.82, 2.24) is 10.3 Å². The van der Waals surface area contributed by atoms with Crippen molar-refractivity contribution >= 4 is 16.9 Å². The van der Waals surface area contributed by atoms with Crippen LogP contribution in [0, 0.1) is 0 Å². The summed E-state index contributed by atoms with van der Waals surface area (Å²) in [7, 11) is 0. The molecule has 1 fully saturated rings. The Kier molecular flexibility index (Phi) is 4.24. The third-order valence-corrected chi connectivity index (χ3v) is 4.78. The molecule has 4 rings (SSSR count). The van der Waals surface area contributed by atoms with Crippen molar-refractivity contribution in [3.8, 4) is 11.3 Å². The summed E-state index contributed by atoms with van der Waals surface area (Å²) in [4.78, 5) is 16.9. The number of nitrogens with one attached hydrogen (secondary N) is 1. The van der Waals surface area contributed by atoms with Crippen LogP contribution in [0.1, 0.15) is 36.0 Å². The van der Waals surface area contributed by atoms with Crippen molar-refractivity contribution in [3.05, 3.63) is 54.4 Å². The normalized spacial score (nSPS) is 20.5. The third-order valence-electron chi connectivity index (χ3n) is 4.78. The Balaban J connectivity index is 1.52. The van der Waals surface area contributed by atoms with E-state index >= 15 is 0 Å². The van der Waals surface area contributed by atoms with Crippen LogP contribution < -0.4 is 5.32 Å². The Morgan fingerprint density at radius 1 is 1.16 bits per heavy atom. The first-order valence-corrected chi connectivity index (χ1v) is 8.62. The van der Waals surface area contributed by atoms with Gasteiger partial charge in [0, 0.05) is 28.8 Å². The zero-order chi connectivity index (χ0) is 17.2. The lowest BCUT2D eigenvalue weighted by Gasteiger charge is -2.26. The molecule has 128 valence electrons. The van der Waals surface area contributed by atoms with Gasteiger partial charge in [-0.3, -0.25) is 9.78 Å². The van der Waals surface area contributed by atoms with Gasteiger partial charge in [0.2, 0.25) is 0 Å². The molecule has 0 saturated heterocycles. The number of pyridine rings is 1. The Morgan fingerprint density at radius 3 is 2.80 bits per heavy atom. The number of carbonyl (C=O) groups is 1. The van der Waals surface area contributed by atoms with Gasteiger partial charge in [-0.15, -0.1) is 0 Å². The first-order chi connectivity index (χ1) is 12.2. The van der Waals surface area contributed by atoms with E-state index in [1.54, 1.807) is 12.5 Å². The molecule has 25 heavy (non-hydrogen) atoms. The maximum atomic E-state index is 12.4. The van der Waals surface area contributed by atoms with E-state index in [1.807, 2.05) is 36.4 Å². The lowest BCUT2D eigenvalue weighted by atomic mass is 9.93. The highest BCUT2D eigenvalue weighted by molar-refractivity contribution is 5.96. The molecular weight excluding hydrogens is 316 g/mol. The summed E-state index contributed by atoms with van der Waals surface area (Å²) < 4.78 is 5.41. The number of nitrogens with zero attached hydrogens (tertiary/aromatic N) is 1. The average Bonchev–Trinajstić information content (AvgIpc) is 3.10. The van der Waals surface area contributed by atoms with Crippen molar-refractivity contribution in [2.24, 2.45) is 0 Å². The Hall–Kier alpha value is -2.66. The van der Waals surface area contributed by atoms with Crippen molar-refractivity contribution in [2.45, 2.75) is 37.8 Å². The van der Waals surface area contributed by atoms with Crippen LogP contribution in [0.2, 0.25) is 0 Å². The molecule has 2 N–H and O–H groups in total. The number of furan rings is 1. The minimum Gasteiger partial charge on any atom is -0.464 e. The smallest absolute Gasteiger partial charge is 0.251 e. The molecule has 3 aromatic rings. The van der Waals surface area contributed by atoms with Crippen LogP contribution in [-0.4, -0.2) is 28.1 Å². The molecule has 0 bridgehead atoms. The number of hydrogen-bond acceptors (Lipinski definition) is 4. The molecule has 2 aromatic heterocycles. The van der Waals surface area contributed by atoms with Crippen molar-refractivity contribution in [1.29, 1.82) is 0 Å². The second kappa shape index (κ2) is 6.69. The van der Waals surface area contributed by atoms with Gasteiger partial charge in [0.25, 0.3) is 5.91 Å². The van der Waals surface area contributed by atoms with Gasteiger partial charge in [0.1, 0.15) is 5.58 Å². The number of aliphatic hydroxyl groups is 1. The fourth-order valence-electron chi connectivity index (χ4n) is 3.47. The van der Waals surface area contributed by atoms with Crippen LogP contribution in [0.3, 0.4) is 0 Å². The lowest BCUT2D eigenvalue weighted by Crippen LogP contribution is -2.39. The molecule has 1 saturated carbocycles. The van der Waals surface area contributed by atoms with E-state index in [2.05, 4.69) is 10.3 Å². The topological polar surface area (TPSA) is 75.4 Å². The van der Waals surface area contributed by atoms with Gasteiger partial charge in [0.15, 0.2) is 0 Å². The predicted molar refractivity (Wildman–Crippen MR) is 95.2 cm³/mol. The highest BCUT2D eigenvalue weighted by atomic mass is 16.3. The second-order valence-corrected chi connectivity index (χ2v) is 6.56. The summed E-state index contributed by atoms with van der Waals surface area (Å²) in [6.07, 6.45) is 6.40. The Labute approximate surface area is 145 Å². The molecule has 0 spiro atoms. The van der Waals surface area contributed by atoms with Crippen molar-refractivity contribution in [2.75, 3.05) is 0 Å². The first-order valence-electron chi connectivity index (χ1n) is 8.62. The highest BCUT2D eigenvalue weighted by Crippen LogP contribution is 2.27. The molecule has 1 aliphatic carbocycles.